The molecule has 21 heavy (non-hydrogen) atoms. The highest BCUT2D eigenvalue weighted by Crippen LogP contribution is 2.24. The van der Waals surface area contributed by atoms with E-state index < -0.39 is 10.0 Å². The molecular weight excluding hydrogens is 352 g/mol. The zero-order valence-corrected chi connectivity index (χ0v) is 13.8. The van der Waals surface area contributed by atoms with Crippen molar-refractivity contribution in [2.75, 3.05) is 6.54 Å². The van der Waals surface area contributed by atoms with Crippen molar-refractivity contribution in [3.8, 4) is 0 Å². The maximum Gasteiger partial charge on any atom is 0.243 e. The van der Waals surface area contributed by atoms with Gasteiger partial charge in [-0.25, -0.2) is 8.42 Å². The largest absolute Gasteiger partial charge is 0.261 e. The van der Waals surface area contributed by atoms with Gasteiger partial charge in [-0.05, 0) is 29.3 Å². The van der Waals surface area contributed by atoms with Gasteiger partial charge in [0.05, 0.1) is 4.90 Å². The third-order valence-electron chi connectivity index (χ3n) is 3.64. The van der Waals surface area contributed by atoms with Crippen LogP contribution in [0.2, 0.25) is 0 Å². The number of nitrogens with zero attached hydrogens (tertiary/aromatic N) is 2. The molecular formula is C15H15BrN2O2S. The van der Waals surface area contributed by atoms with Gasteiger partial charge in [0.15, 0.2) is 0 Å². The van der Waals surface area contributed by atoms with E-state index in [9.17, 15) is 8.42 Å². The van der Waals surface area contributed by atoms with Crippen LogP contribution in [-0.2, 0) is 28.3 Å². The van der Waals surface area contributed by atoms with E-state index in [0.717, 1.165) is 22.2 Å². The fraction of sp³-hybridized carbons (Fsp3) is 0.267. The first-order valence-electron chi connectivity index (χ1n) is 6.69. The Morgan fingerprint density at radius 3 is 2.67 bits per heavy atom. The lowest BCUT2D eigenvalue weighted by Crippen LogP contribution is -2.36. The monoisotopic (exact) mass is 366 g/mol. The number of hydrogen-bond acceptors (Lipinski definition) is 3. The SMILES string of the molecule is O=S(=O)(c1ccc(CBr)cc1)N1CCc2ncccc2C1. The van der Waals surface area contributed by atoms with Gasteiger partial charge in [0.1, 0.15) is 0 Å². The van der Waals surface area contributed by atoms with E-state index in [1.54, 1.807) is 18.3 Å². The van der Waals surface area contributed by atoms with E-state index in [2.05, 4.69) is 20.9 Å². The number of pyridine rings is 1. The second-order valence-corrected chi connectivity index (χ2v) is 7.47. The van der Waals surface area contributed by atoms with Crippen LogP contribution in [0.5, 0.6) is 0 Å². The van der Waals surface area contributed by atoms with E-state index in [0.29, 0.717) is 24.4 Å². The number of alkyl halides is 1. The third kappa shape index (κ3) is 2.88. The highest BCUT2D eigenvalue weighted by Gasteiger charge is 2.28. The number of rotatable bonds is 3. The highest BCUT2D eigenvalue weighted by molar-refractivity contribution is 9.08. The summed E-state index contributed by atoms with van der Waals surface area (Å²) in [4.78, 5) is 4.65. The van der Waals surface area contributed by atoms with Gasteiger partial charge in [0, 0.05) is 36.7 Å². The Balaban J connectivity index is 1.89. The quantitative estimate of drug-likeness (QED) is 0.784. The van der Waals surface area contributed by atoms with Crippen LogP contribution in [0.1, 0.15) is 16.8 Å². The number of benzene rings is 1. The van der Waals surface area contributed by atoms with Crippen LogP contribution >= 0.6 is 15.9 Å². The van der Waals surface area contributed by atoms with Crippen LogP contribution < -0.4 is 0 Å². The van der Waals surface area contributed by atoms with Crippen LogP contribution in [0.25, 0.3) is 0 Å². The van der Waals surface area contributed by atoms with Gasteiger partial charge in [-0.3, -0.25) is 4.98 Å². The maximum atomic E-state index is 12.7. The summed E-state index contributed by atoms with van der Waals surface area (Å²) in [5.74, 6) is 0. The van der Waals surface area contributed by atoms with E-state index in [1.807, 2.05) is 24.3 Å². The summed E-state index contributed by atoms with van der Waals surface area (Å²) in [6, 6.07) is 10.8. The second kappa shape index (κ2) is 5.87. The topological polar surface area (TPSA) is 50.3 Å². The molecule has 3 rings (SSSR count). The standard InChI is InChI=1S/C15H15BrN2O2S/c16-10-12-3-5-14(6-4-12)21(19,20)18-9-7-15-13(11-18)2-1-8-17-15/h1-6,8H,7,9-11H2. The number of hydrogen-bond donors (Lipinski definition) is 0. The van der Waals surface area contributed by atoms with Gasteiger partial charge in [0.25, 0.3) is 0 Å². The normalized spacial score (nSPS) is 15.7. The summed E-state index contributed by atoms with van der Waals surface area (Å²) in [7, 11) is -3.44. The second-order valence-electron chi connectivity index (χ2n) is 4.98. The molecule has 0 atom stereocenters. The maximum absolute atomic E-state index is 12.7. The molecule has 0 saturated carbocycles. The predicted molar refractivity (Wildman–Crippen MR) is 84.6 cm³/mol. The lowest BCUT2D eigenvalue weighted by atomic mass is 10.1. The molecule has 0 N–H and O–H groups in total. The Hall–Kier alpha value is -1.24. The zero-order chi connectivity index (χ0) is 14.9. The molecule has 2 aromatic rings. The summed E-state index contributed by atoms with van der Waals surface area (Å²) in [6.45, 7) is 0.873. The minimum atomic E-state index is -3.44. The first-order valence-corrected chi connectivity index (χ1v) is 9.25. The molecule has 1 aromatic carbocycles. The van der Waals surface area contributed by atoms with Crippen LogP contribution in [0.15, 0.2) is 47.5 Å². The Labute approximate surface area is 133 Å². The van der Waals surface area contributed by atoms with Gasteiger partial charge >= 0.3 is 0 Å². The molecule has 0 aliphatic carbocycles. The Kier molecular flexibility index (Phi) is 4.10. The smallest absolute Gasteiger partial charge is 0.243 e. The average Bonchev–Trinajstić information content (AvgIpc) is 2.54. The first kappa shape index (κ1) is 14.7. The van der Waals surface area contributed by atoms with Crippen molar-refractivity contribution in [3.05, 3.63) is 59.4 Å². The van der Waals surface area contributed by atoms with E-state index in [1.165, 1.54) is 4.31 Å². The summed E-state index contributed by atoms with van der Waals surface area (Å²) in [5.41, 5.74) is 3.05. The van der Waals surface area contributed by atoms with Crippen molar-refractivity contribution >= 4 is 26.0 Å². The molecule has 2 heterocycles. The Morgan fingerprint density at radius 2 is 1.95 bits per heavy atom. The van der Waals surface area contributed by atoms with E-state index in [-0.39, 0.29) is 0 Å². The van der Waals surface area contributed by atoms with Crippen molar-refractivity contribution < 1.29 is 8.42 Å². The highest BCUT2D eigenvalue weighted by atomic mass is 79.9. The van der Waals surface area contributed by atoms with Crippen molar-refractivity contribution in [1.82, 2.24) is 9.29 Å². The van der Waals surface area contributed by atoms with E-state index in [4.69, 9.17) is 0 Å². The number of sulfonamides is 1. The zero-order valence-electron chi connectivity index (χ0n) is 11.4. The molecule has 4 nitrogen and oxygen atoms in total. The number of halogens is 1. The summed E-state index contributed by atoms with van der Waals surface area (Å²) in [5, 5.41) is 0.718. The Morgan fingerprint density at radius 1 is 1.19 bits per heavy atom. The van der Waals surface area contributed by atoms with Gasteiger partial charge < -0.3 is 0 Å². The van der Waals surface area contributed by atoms with Crippen LogP contribution in [0, 0.1) is 0 Å². The molecule has 0 fully saturated rings. The molecule has 1 aliphatic rings. The fourth-order valence-electron chi connectivity index (χ4n) is 2.44. The third-order valence-corrected chi connectivity index (χ3v) is 6.15. The molecule has 0 saturated heterocycles. The van der Waals surface area contributed by atoms with Gasteiger partial charge in [-0.15, -0.1) is 0 Å². The summed E-state index contributed by atoms with van der Waals surface area (Å²) in [6.07, 6.45) is 2.41. The van der Waals surface area contributed by atoms with Crippen LogP contribution in [0.4, 0.5) is 0 Å². The first-order chi connectivity index (χ1) is 10.1. The molecule has 1 aliphatic heterocycles. The van der Waals surface area contributed by atoms with Crippen molar-refractivity contribution in [2.45, 2.75) is 23.2 Å². The van der Waals surface area contributed by atoms with Gasteiger partial charge in [0.2, 0.25) is 10.0 Å². The molecule has 0 amide bonds. The van der Waals surface area contributed by atoms with Crippen LogP contribution in [0.3, 0.4) is 0 Å². The minimum absolute atomic E-state index is 0.347. The summed E-state index contributed by atoms with van der Waals surface area (Å²) >= 11 is 3.36. The number of fused-ring (bicyclic) bond motifs is 1. The Bertz CT molecular complexity index is 745. The van der Waals surface area contributed by atoms with Crippen molar-refractivity contribution in [1.29, 1.82) is 0 Å². The van der Waals surface area contributed by atoms with Crippen molar-refractivity contribution in [3.63, 3.8) is 0 Å². The van der Waals surface area contributed by atoms with Gasteiger partial charge in [-0.1, -0.05) is 34.1 Å². The molecule has 1 aromatic heterocycles. The minimum Gasteiger partial charge on any atom is -0.261 e. The predicted octanol–water partition coefficient (Wildman–Crippen LogP) is 2.72. The lowest BCUT2D eigenvalue weighted by molar-refractivity contribution is 0.388. The molecule has 6 heteroatoms. The molecule has 0 spiro atoms. The van der Waals surface area contributed by atoms with Crippen molar-refractivity contribution in [2.24, 2.45) is 0 Å². The lowest BCUT2D eigenvalue weighted by Gasteiger charge is -2.27. The molecule has 0 unspecified atom stereocenters. The number of aromatic nitrogens is 1. The van der Waals surface area contributed by atoms with Gasteiger partial charge in [-0.2, -0.15) is 4.31 Å². The van der Waals surface area contributed by atoms with E-state index >= 15 is 0 Å². The average molecular weight is 367 g/mol. The summed E-state index contributed by atoms with van der Waals surface area (Å²) < 4.78 is 26.9. The fourth-order valence-corrected chi connectivity index (χ4v) is 4.24. The molecule has 0 radical (unpaired) electrons. The molecule has 110 valence electrons. The van der Waals surface area contributed by atoms with Crippen LogP contribution in [-0.4, -0.2) is 24.3 Å². The molecule has 0 bridgehead atoms.